The van der Waals surface area contributed by atoms with Gasteiger partial charge >= 0.3 is 0 Å². The van der Waals surface area contributed by atoms with Gasteiger partial charge in [-0.25, -0.2) is 4.39 Å². The average Bonchev–Trinajstić information content (AvgIpc) is 2.25. The van der Waals surface area contributed by atoms with Crippen molar-refractivity contribution in [2.45, 2.75) is 26.3 Å². The highest BCUT2D eigenvalue weighted by atomic mass is 19.1. The lowest BCUT2D eigenvalue weighted by Crippen LogP contribution is -2.20. The first-order valence-corrected chi connectivity index (χ1v) is 5.13. The molecule has 0 radical (unpaired) electrons. The zero-order valence-corrected chi connectivity index (χ0v) is 9.18. The molecule has 0 amide bonds. The first-order valence-electron chi connectivity index (χ1n) is 5.13. The summed E-state index contributed by atoms with van der Waals surface area (Å²) in [6.07, 6.45) is 0.801. The average molecular weight is 205 g/mol. The first-order chi connectivity index (χ1) is 7.25. The lowest BCUT2D eigenvalue weighted by molar-refractivity contribution is 0.534. The largest absolute Gasteiger partial charge is 0.309 e. The molecule has 1 N–H and O–H groups in total. The van der Waals surface area contributed by atoms with Crippen LogP contribution in [0.1, 0.15) is 31.9 Å². The Kier molecular flexibility index (Phi) is 4.86. The maximum Gasteiger partial charge on any atom is 0.127 e. The third-order valence-corrected chi connectivity index (χ3v) is 2.25. The normalized spacial score (nSPS) is 11.7. The maximum atomic E-state index is 13.3. The second kappa shape index (κ2) is 6.21. The summed E-state index contributed by atoms with van der Waals surface area (Å²) >= 11 is 0. The van der Waals surface area contributed by atoms with E-state index in [9.17, 15) is 4.39 Å². The smallest absolute Gasteiger partial charge is 0.127 e. The first kappa shape index (κ1) is 11.7. The van der Waals surface area contributed by atoms with Crippen LogP contribution in [0.25, 0.3) is 0 Å². The van der Waals surface area contributed by atoms with Crippen molar-refractivity contribution in [1.29, 1.82) is 0 Å². The molecule has 0 aliphatic heterocycles. The Morgan fingerprint density at radius 2 is 2.13 bits per heavy atom. The van der Waals surface area contributed by atoms with Crippen molar-refractivity contribution in [3.05, 3.63) is 35.6 Å². The minimum absolute atomic E-state index is 0.0323. The molecular formula is C13H16FN. The highest BCUT2D eigenvalue weighted by molar-refractivity contribution is 5.20. The number of hydrogen-bond acceptors (Lipinski definition) is 1. The van der Waals surface area contributed by atoms with Gasteiger partial charge in [0.1, 0.15) is 5.82 Å². The van der Waals surface area contributed by atoms with Gasteiger partial charge in [-0.3, -0.25) is 0 Å². The van der Waals surface area contributed by atoms with Gasteiger partial charge in [0.2, 0.25) is 0 Å². The van der Waals surface area contributed by atoms with Crippen LogP contribution in [-0.2, 0) is 0 Å². The van der Waals surface area contributed by atoms with E-state index in [1.54, 1.807) is 12.1 Å². The second-order valence-electron chi connectivity index (χ2n) is 3.37. The molecule has 1 aromatic rings. The molecule has 0 bridgehead atoms. The molecule has 80 valence electrons. The summed E-state index contributed by atoms with van der Waals surface area (Å²) < 4.78 is 13.3. The Labute approximate surface area is 90.7 Å². The maximum absolute atomic E-state index is 13.3. The summed E-state index contributed by atoms with van der Waals surface area (Å²) in [4.78, 5) is 0. The minimum atomic E-state index is -0.154. The fourth-order valence-corrected chi connectivity index (χ4v) is 1.41. The zero-order valence-electron chi connectivity index (χ0n) is 9.18. The predicted octanol–water partition coefficient (Wildman–Crippen LogP) is 2.89. The third-order valence-electron chi connectivity index (χ3n) is 2.25. The predicted molar refractivity (Wildman–Crippen MR) is 60.9 cm³/mol. The molecule has 1 atom stereocenters. The lowest BCUT2D eigenvalue weighted by atomic mass is 10.1. The van der Waals surface area contributed by atoms with Crippen LogP contribution in [0, 0.1) is 17.7 Å². The van der Waals surface area contributed by atoms with Crippen molar-refractivity contribution in [1.82, 2.24) is 5.32 Å². The van der Waals surface area contributed by atoms with E-state index in [1.807, 2.05) is 19.9 Å². The molecule has 0 saturated carbocycles. The summed E-state index contributed by atoms with van der Waals surface area (Å²) in [7, 11) is 0. The Morgan fingerprint density at radius 1 is 1.40 bits per heavy atom. The molecule has 1 nitrogen and oxygen atoms in total. The van der Waals surface area contributed by atoms with Crippen LogP contribution >= 0.6 is 0 Å². The number of nitrogens with one attached hydrogen (secondary N) is 1. The van der Waals surface area contributed by atoms with Crippen LogP contribution < -0.4 is 5.32 Å². The molecular weight excluding hydrogens is 189 g/mol. The molecule has 2 heteroatoms. The molecule has 15 heavy (non-hydrogen) atoms. The molecule has 0 aromatic heterocycles. The summed E-state index contributed by atoms with van der Waals surface area (Å²) in [5.74, 6) is 5.64. The molecule has 0 fully saturated rings. The number of benzene rings is 1. The number of halogens is 1. The van der Waals surface area contributed by atoms with Gasteiger partial charge in [-0.05, 0) is 19.9 Å². The topological polar surface area (TPSA) is 12.0 Å². The fourth-order valence-electron chi connectivity index (χ4n) is 1.41. The fraction of sp³-hybridized carbons (Fsp3) is 0.385. The SMILES string of the molecule is CC#CCCNC(C)c1ccccc1F. The van der Waals surface area contributed by atoms with E-state index in [4.69, 9.17) is 0 Å². The molecule has 0 heterocycles. The Hall–Kier alpha value is -1.33. The molecule has 1 aromatic carbocycles. The summed E-state index contributed by atoms with van der Waals surface area (Å²) in [5, 5.41) is 3.23. The van der Waals surface area contributed by atoms with E-state index in [0.717, 1.165) is 13.0 Å². The van der Waals surface area contributed by atoms with Crippen LogP contribution in [0.2, 0.25) is 0 Å². The lowest BCUT2D eigenvalue weighted by Gasteiger charge is -2.13. The third kappa shape index (κ3) is 3.73. The summed E-state index contributed by atoms with van der Waals surface area (Å²) in [6, 6.07) is 6.87. The van der Waals surface area contributed by atoms with Gasteiger partial charge in [0, 0.05) is 24.6 Å². The van der Waals surface area contributed by atoms with Crippen molar-refractivity contribution in [3.63, 3.8) is 0 Å². The number of rotatable bonds is 4. The van der Waals surface area contributed by atoms with Crippen LogP contribution in [0.3, 0.4) is 0 Å². The van der Waals surface area contributed by atoms with E-state index >= 15 is 0 Å². The zero-order chi connectivity index (χ0) is 11.1. The van der Waals surface area contributed by atoms with Gasteiger partial charge in [-0.15, -0.1) is 11.8 Å². The van der Waals surface area contributed by atoms with Crippen LogP contribution in [0.15, 0.2) is 24.3 Å². The van der Waals surface area contributed by atoms with Crippen LogP contribution in [0.5, 0.6) is 0 Å². The van der Waals surface area contributed by atoms with Gasteiger partial charge in [-0.2, -0.15) is 0 Å². The highest BCUT2D eigenvalue weighted by Gasteiger charge is 2.08. The van der Waals surface area contributed by atoms with Crippen molar-refractivity contribution in [2.24, 2.45) is 0 Å². The standard InChI is InChI=1S/C13H16FN/c1-3-4-7-10-15-11(2)12-8-5-6-9-13(12)14/h5-6,8-9,11,15H,7,10H2,1-2H3. The van der Waals surface area contributed by atoms with Crippen molar-refractivity contribution < 1.29 is 4.39 Å². The van der Waals surface area contributed by atoms with Crippen molar-refractivity contribution >= 4 is 0 Å². The Morgan fingerprint density at radius 3 is 2.80 bits per heavy atom. The molecule has 0 aliphatic rings. The number of hydrogen-bond donors (Lipinski definition) is 1. The molecule has 0 aliphatic carbocycles. The van der Waals surface area contributed by atoms with Gasteiger partial charge in [0.05, 0.1) is 0 Å². The van der Waals surface area contributed by atoms with E-state index in [-0.39, 0.29) is 11.9 Å². The second-order valence-corrected chi connectivity index (χ2v) is 3.37. The minimum Gasteiger partial charge on any atom is -0.309 e. The van der Waals surface area contributed by atoms with E-state index < -0.39 is 0 Å². The van der Waals surface area contributed by atoms with E-state index in [1.165, 1.54) is 6.07 Å². The quantitative estimate of drug-likeness (QED) is 0.588. The Balaban J connectivity index is 2.49. The van der Waals surface area contributed by atoms with Crippen molar-refractivity contribution in [3.8, 4) is 11.8 Å². The van der Waals surface area contributed by atoms with Crippen molar-refractivity contribution in [2.75, 3.05) is 6.54 Å². The van der Waals surface area contributed by atoms with Gasteiger partial charge in [0.25, 0.3) is 0 Å². The van der Waals surface area contributed by atoms with E-state index in [2.05, 4.69) is 17.2 Å². The summed E-state index contributed by atoms with van der Waals surface area (Å²) in [5.41, 5.74) is 0.710. The highest BCUT2D eigenvalue weighted by Crippen LogP contribution is 2.15. The van der Waals surface area contributed by atoms with Gasteiger partial charge < -0.3 is 5.32 Å². The van der Waals surface area contributed by atoms with Crippen LogP contribution in [-0.4, -0.2) is 6.54 Å². The molecule has 1 unspecified atom stereocenters. The van der Waals surface area contributed by atoms with Gasteiger partial charge in [0.15, 0.2) is 0 Å². The monoisotopic (exact) mass is 205 g/mol. The van der Waals surface area contributed by atoms with Crippen LogP contribution in [0.4, 0.5) is 4.39 Å². The van der Waals surface area contributed by atoms with E-state index in [0.29, 0.717) is 5.56 Å². The molecule has 1 rings (SSSR count). The summed E-state index contributed by atoms with van der Waals surface area (Å²) in [6.45, 7) is 4.56. The molecule has 0 spiro atoms. The Bertz CT molecular complexity index is 362. The van der Waals surface area contributed by atoms with Gasteiger partial charge in [-0.1, -0.05) is 18.2 Å². The molecule has 0 saturated heterocycles.